The normalized spacial score (nSPS) is 14.1. The lowest BCUT2D eigenvalue weighted by Crippen LogP contribution is -2.38. The van der Waals surface area contributed by atoms with Gasteiger partial charge in [-0.3, -0.25) is 10.1 Å². The molecule has 1 aliphatic heterocycles. The lowest BCUT2D eigenvalue weighted by Gasteiger charge is -2.17. The van der Waals surface area contributed by atoms with Crippen LogP contribution < -0.4 is 14.8 Å². The summed E-state index contributed by atoms with van der Waals surface area (Å²) in [7, 11) is 1.56. The van der Waals surface area contributed by atoms with Crippen molar-refractivity contribution >= 4 is 17.8 Å². The van der Waals surface area contributed by atoms with Crippen LogP contribution in [0.4, 0.5) is 9.18 Å². The van der Waals surface area contributed by atoms with E-state index in [9.17, 15) is 14.0 Å². The average molecular weight is 366 g/mol. The van der Waals surface area contributed by atoms with E-state index in [1.165, 1.54) is 12.1 Å². The molecule has 1 aromatic carbocycles. The number of hydrogen-bond donors (Lipinski definition) is 1. The number of carbonyl (C=O) groups excluding carboxylic acids is 2. The molecule has 1 aromatic rings. The van der Waals surface area contributed by atoms with E-state index in [1.54, 1.807) is 14.0 Å². The molecule has 140 valence electrons. The van der Waals surface area contributed by atoms with Gasteiger partial charge >= 0.3 is 6.03 Å². The zero-order valence-electron chi connectivity index (χ0n) is 14.5. The number of nitrogens with one attached hydrogen (secondary N) is 1. The third kappa shape index (κ3) is 5.11. The Labute approximate surface area is 149 Å². The summed E-state index contributed by atoms with van der Waals surface area (Å²) in [5.74, 6) is -1.40. The van der Waals surface area contributed by atoms with Crippen LogP contribution in [0.25, 0.3) is 0 Å². The molecule has 0 bridgehead atoms. The van der Waals surface area contributed by atoms with Gasteiger partial charge < -0.3 is 18.9 Å². The Kier molecular flexibility index (Phi) is 6.81. The van der Waals surface area contributed by atoms with Crippen molar-refractivity contribution in [2.24, 2.45) is 4.99 Å². The molecule has 9 heteroatoms. The molecular formula is C17H19FN2O6. The number of imide groups is 1. The molecule has 0 aliphatic carbocycles. The second kappa shape index (κ2) is 9.07. The number of hydrogen-bond acceptors (Lipinski definition) is 6. The predicted molar refractivity (Wildman–Crippen MR) is 90.1 cm³/mol. The number of rotatable bonds is 8. The smallest absolute Gasteiger partial charge is 0.351 e. The van der Waals surface area contributed by atoms with Crippen LogP contribution in [0, 0.1) is 12.7 Å². The Morgan fingerprint density at radius 2 is 1.88 bits per heavy atom. The molecule has 0 saturated carbocycles. The first kappa shape index (κ1) is 19.5. The minimum absolute atomic E-state index is 0.0567. The number of benzene rings is 1. The van der Waals surface area contributed by atoms with Crippen LogP contribution in [0.5, 0.6) is 11.5 Å². The van der Waals surface area contributed by atoms with E-state index < -0.39 is 17.8 Å². The first-order valence-electron chi connectivity index (χ1n) is 7.73. The lowest BCUT2D eigenvalue weighted by molar-refractivity contribution is -0.116. The summed E-state index contributed by atoms with van der Waals surface area (Å²) in [5.41, 5.74) is 0.322. The summed E-state index contributed by atoms with van der Waals surface area (Å²) in [6.45, 7) is 6.35. The SMILES string of the molecule is C=C1C(=O)NC(=O)N=C1Oc1cc(OCCOCCOC)c(F)cc1C. The third-order valence-corrected chi connectivity index (χ3v) is 3.31. The highest BCUT2D eigenvalue weighted by atomic mass is 19.1. The zero-order chi connectivity index (χ0) is 19.1. The third-order valence-electron chi connectivity index (χ3n) is 3.31. The number of urea groups is 1. The molecule has 0 atom stereocenters. The monoisotopic (exact) mass is 366 g/mol. The standard InChI is InChI=1S/C17H19FN2O6/c1-10-8-12(18)14(25-7-6-24-5-4-23-3)9-13(10)26-16-11(2)15(21)19-17(22)20-16/h8-9H,2,4-7H2,1,3H3,(H,19,21,22). The second-order valence-electron chi connectivity index (χ2n) is 5.26. The van der Waals surface area contributed by atoms with Crippen molar-refractivity contribution in [1.29, 1.82) is 0 Å². The molecule has 3 amide bonds. The summed E-state index contributed by atoms with van der Waals surface area (Å²) in [5, 5.41) is 1.98. The Balaban J connectivity index is 2.06. The van der Waals surface area contributed by atoms with Crippen molar-refractivity contribution in [3.63, 3.8) is 0 Å². The van der Waals surface area contributed by atoms with Crippen LogP contribution in [0.2, 0.25) is 0 Å². The van der Waals surface area contributed by atoms with Crippen LogP contribution in [-0.2, 0) is 14.3 Å². The number of halogens is 1. The first-order valence-corrected chi connectivity index (χ1v) is 7.73. The highest BCUT2D eigenvalue weighted by Gasteiger charge is 2.25. The number of nitrogens with zero attached hydrogens (tertiary/aromatic N) is 1. The summed E-state index contributed by atoms with van der Waals surface area (Å²) >= 11 is 0. The van der Waals surface area contributed by atoms with E-state index in [4.69, 9.17) is 18.9 Å². The molecule has 1 N–H and O–H groups in total. The van der Waals surface area contributed by atoms with Gasteiger partial charge in [-0.1, -0.05) is 6.58 Å². The number of methoxy groups -OCH3 is 1. The maximum atomic E-state index is 14.0. The molecule has 0 fully saturated rings. The Bertz CT molecular complexity index is 747. The topological polar surface area (TPSA) is 95.5 Å². The Morgan fingerprint density at radius 1 is 1.15 bits per heavy atom. The molecule has 2 rings (SSSR count). The second-order valence-corrected chi connectivity index (χ2v) is 5.26. The van der Waals surface area contributed by atoms with Crippen LogP contribution in [0.3, 0.4) is 0 Å². The zero-order valence-corrected chi connectivity index (χ0v) is 14.5. The van der Waals surface area contributed by atoms with Gasteiger partial charge in [-0.15, -0.1) is 0 Å². The molecule has 0 saturated heterocycles. The molecule has 26 heavy (non-hydrogen) atoms. The maximum Gasteiger partial charge on any atom is 0.351 e. The van der Waals surface area contributed by atoms with Gasteiger partial charge in [-0.25, -0.2) is 9.18 Å². The van der Waals surface area contributed by atoms with Gasteiger partial charge in [0.05, 0.1) is 25.4 Å². The number of aliphatic imine (C=N–C) groups is 1. The van der Waals surface area contributed by atoms with Crippen LogP contribution in [0.15, 0.2) is 29.3 Å². The predicted octanol–water partition coefficient (Wildman–Crippen LogP) is 1.76. The first-order chi connectivity index (χ1) is 12.4. The van der Waals surface area contributed by atoms with Gasteiger partial charge in [0.1, 0.15) is 12.4 Å². The van der Waals surface area contributed by atoms with Crippen molar-refractivity contribution < 1.29 is 32.9 Å². The highest BCUT2D eigenvalue weighted by Crippen LogP contribution is 2.28. The van der Waals surface area contributed by atoms with Crippen LogP contribution in [0.1, 0.15) is 5.56 Å². The lowest BCUT2D eigenvalue weighted by atomic mass is 10.2. The van der Waals surface area contributed by atoms with Crippen LogP contribution in [-0.4, -0.2) is 51.4 Å². The van der Waals surface area contributed by atoms with E-state index in [-0.39, 0.29) is 36.2 Å². The van der Waals surface area contributed by atoms with Crippen molar-refractivity contribution in [1.82, 2.24) is 5.32 Å². The molecule has 8 nitrogen and oxygen atoms in total. The van der Waals surface area contributed by atoms with Gasteiger partial charge in [0.15, 0.2) is 11.6 Å². The Hall–Kier alpha value is -2.78. The van der Waals surface area contributed by atoms with Crippen molar-refractivity contribution in [3.05, 3.63) is 35.7 Å². The maximum absolute atomic E-state index is 14.0. The number of aryl methyl sites for hydroxylation is 1. The highest BCUT2D eigenvalue weighted by molar-refractivity contribution is 6.27. The molecule has 0 unspecified atom stereocenters. The molecular weight excluding hydrogens is 347 g/mol. The largest absolute Gasteiger partial charge is 0.488 e. The number of amides is 3. The summed E-state index contributed by atoms with van der Waals surface area (Å²) < 4.78 is 34.9. The summed E-state index contributed by atoms with van der Waals surface area (Å²) in [6, 6.07) is 1.67. The molecule has 1 heterocycles. The average Bonchev–Trinajstić information content (AvgIpc) is 2.58. The molecule has 0 radical (unpaired) electrons. The van der Waals surface area contributed by atoms with E-state index >= 15 is 0 Å². The van der Waals surface area contributed by atoms with E-state index in [1.807, 2.05) is 5.32 Å². The fraction of sp³-hybridized carbons (Fsp3) is 0.353. The fourth-order valence-corrected chi connectivity index (χ4v) is 1.96. The molecule has 1 aliphatic rings. The van der Waals surface area contributed by atoms with Crippen molar-refractivity contribution in [2.75, 3.05) is 33.5 Å². The van der Waals surface area contributed by atoms with Gasteiger partial charge in [0.2, 0.25) is 5.90 Å². The van der Waals surface area contributed by atoms with Gasteiger partial charge in [0, 0.05) is 13.2 Å². The van der Waals surface area contributed by atoms with Gasteiger partial charge in [0.25, 0.3) is 5.91 Å². The summed E-state index contributed by atoms with van der Waals surface area (Å²) in [6.07, 6.45) is 0. The number of carbonyl (C=O) groups is 2. The van der Waals surface area contributed by atoms with Crippen LogP contribution >= 0.6 is 0 Å². The van der Waals surface area contributed by atoms with Gasteiger partial charge in [-0.2, -0.15) is 4.99 Å². The fourth-order valence-electron chi connectivity index (χ4n) is 1.96. The molecule has 0 spiro atoms. The van der Waals surface area contributed by atoms with E-state index in [0.717, 1.165) is 0 Å². The summed E-state index contributed by atoms with van der Waals surface area (Å²) in [4.78, 5) is 26.5. The number of ether oxygens (including phenoxy) is 4. The van der Waals surface area contributed by atoms with E-state index in [2.05, 4.69) is 11.6 Å². The van der Waals surface area contributed by atoms with Crippen molar-refractivity contribution in [2.45, 2.75) is 6.92 Å². The van der Waals surface area contributed by atoms with Gasteiger partial charge in [-0.05, 0) is 18.6 Å². The minimum Gasteiger partial charge on any atom is -0.488 e. The van der Waals surface area contributed by atoms with Crippen molar-refractivity contribution in [3.8, 4) is 11.5 Å². The molecule has 0 aromatic heterocycles. The minimum atomic E-state index is -0.859. The quantitative estimate of drug-likeness (QED) is 0.556. The van der Waals surface area contributed by atoms with E-state index in [0.29, 0.717) is 18.8 Å². The Morgan fingerprint density at radius 3 is 2.62 bits per heavy atom.